The van der Waals surface area contributed by atoms with Crippen molar-refractivity contribution in [1.29, 1.82) is 0 Å². The van der Waals surface area contributed by atoms with Crippen LogP contribution in [0.5, 0.6) is 0 Å². The molecule has 0 saturated heterocycles. The average molecular weight is 240 g/mol. The number of aryl methyl sites for hydroxylation is 1. The number of aliphatic hydroxyl groups excluding tert-OH is 1. The molecule has 0 aliphatic carbocycles. The Hall–Kier alpha value is -1.43. The van der Waals surface area contributed by atoms with Gasteiger partial charge in [-0.1, -0.05) is 13.8 Å². The van der Waals surface area contributed by atoms with Crippen molar-refractivity contribution in [3.63, 3.8) is 0 Å². The van der Waals surface area contributed by atoms with Gasteiger partial charge in [0.2, 0.25) is 5.91 Å². The van der Waals surface area contributed by atoms with E-state index in [1.165, 1.54) is 6.33 Å². The zero-order valence-electron chi connectivity index (χ0n) is 10.6. The van der Waals surface area contributed by atoms with Crippen molar-refractivity contribution in [3.05, 3.63) is 12.2 Å². The van der Waals surface area contributed by atoms with E-state index in [2.05, 4.69) is 29.2 Å². The molecule has 6 nitrogen and oxygen atoms in total. The Morgan fingerprint density at radius 3 is 2.76 bits per heavy atom. The maximum Gasteiger partial charge on any atom is 0.222 e. The number of nitrogens with one attached hydrogen (secondary N) is 1. The van der Waals surface area contributed by atoms with Crippen molar-refractivity contribution in [2.24, 2.45) is 13.0 Å². The summed E-state index contributed by atoms with van der Waals surface area (Å²) in [6.45, 7) is 4.03. The average Bonchev–Trinajstić information content (AvgIpc) is 2.63. The molecule has 0 aromatic carbocycles. The molecule has 2 N–H and O–H groups in total. The largest absolute Gasteiger partial charge is 0.396 e. The molecule has 0 saturated carbocycles. The third-order valence-corrected chi connectivity index (χ3v) is 2.44. The molecular formula is C11H20N4O2. The van der Waals surface area contributed by atoms with Gasteiger partial charge in [-0.25, -0.2) is 4.98 Å². The topological polar surface area (TPSA) is 80.0 Å². The SMILES string of the molecule is CC(C)CC(NC(=O)CCO)c1ncnn1C. The molecule has 96 valence electrons. The summed E-state index contributed by atoms with van der Waals surface area (Å²) in [6.07, 6.45) is 2.39. The van der Waals surface area contributed by atoms with Gasteiger partial charge in [-0.15, -0.1) is 0 Å². The Morgan fingerprint density at radius 2 is 2.29 bits per heavy atom. The van der Waals surface area contributed by atoms with Crippen LogP contribution < -0.4 is 5.32 Å². The first kappa shape index (κ1) is 13.6. The van der Waals surface area contributed by atoms with E-state index >= 15 is 0 Å². The molecule has 1 heterocycles. The van der Waals surface area contributed by atoms with E-state index in [0.717, 1.165) is 12.2 Å². The highest BCUT2D eigenvalue weighted by molar-refractivity contribution is 5.76. The lowest BCUT2D eigenvalue weighted by Gasteiger charge is -2.19. The summed E-state index contributed by atoms with van der Waals surface area (Å²) < 4.78 is 1.66. The lowest BCUT2D eigenvalue weighted by Crippen LogP contribution is -2.31. The van der Waals surface area contributed by atoms with Gasteiger partial charge in [0.15, 0.2) is 0 Å². The summed E-state index contributed by atoms with van der Waals surface area (Å²) >= 11 is 0. The normalized spacial score (nSPS) is 12.8. The zero-order chi connectivity index (χ0) is 12.8. The minimum absolute atomic E-state index is 0.118. The molecule has 1 atom stereocenters. The van der Waals surface area contributed by atoms with Crippen LogP contribution in [0.25, 0.3) is 0 Å². The number of hydrogen-bond acceptors (Lipinski definition) is 4. The maximum atomic E-state index is 11.5. The molecule has 0 aliphatic heterocycles. The minimum Gasteiger partial charge on any atom is -0.396 e. The first-order valence-electron chi connectivity index (χ1n) is 5.78. The highest BCUT2D eigenvalue weighted by atomic mass is 16.3. The molecule has 17 heavy (non-hydrogen) atoms. The standard InChI is InChI=1S/C11H20N4O2/c1-8(2)6-9(14-10(17)4-5-16)11-12-7-13-15(11)3/h7-9,16H,4-6H2,1-3H3,(H,14,17). The van der Waals surface area contributed by atoms with Crippen LogP contribution in [-0.4, -0.2) is 32.4 Å². The number of amides is 1. The predicted molar refractivity (Wildman–Crippen MR) is 63.0 cm³/mol. The van der Waals surface area contributed by atoms with Crippen LogP contribution in [0.3, 0.4) is 0 Å². The number of carbonyl (C=O) groups excluding carboxylic acids is 1. The van der Waals surface area contributed by atoms with E-state index in [4.69, 9.17) is 5.11 Å². The summed E-state index contributed by atoms with van der Waals surface area (Å²) in [5.41, 5.74) is 0. The van der Waals surface area contributed by atoms with Gasteiger partial charge in [0, 0.05) is 13.5 Å². The quantitative estimate of drug-likeness (QED) is 0.754. The van der Waals surface area contributed by atoms with Crippen LogP contribution in [-0.2, 0) is 11.8 Å². The number of hydrogen-bond donors (Lipinski definition) is 2. The zero-order valence-corrected chi connectivity index (χ0v) is 10.6. The molecule has 0 aliphatic rings. The van der Waals surface area contributed by atoms with Crippen LogP contribution in [0.2, 0.25) is 0 Å². The third-order valence-electron chi connectivity index (χ3n) is 2.44. The van der Waals surface area contributed by atoms with Crippen LogP contribution >= 0.6 is 0 Å². The second-order valence-electron chi connectivity index (χ2n) is 4.47. The van der Waals surface area contributed by atoms with E-state index in [-0.39, 0.29) is 25.0 Å². The summed E-state index contributed by atoms with van der Waals surface area (Å²) in [7, 11) is 1.80. The Balaban J connectivity index is 2.74. The predicted octanol–water partition coefficient (Wildman–Crippen LogP) is 0.401. The fourth-order valence-electron chi connectivity index (χ4n) is 1.69. The molecule has 1 rings (SSSR count). The van der Waals surface area contributed by atoms with Gasteiger partial charge in [0.05, 0.1) is 12.6 Å². The van der Waals surface area contributed by atoms with Gasteiger partial charge in [0.1, 0.15) is 12.2 Å². The molecule has 6 heteroatoms. The fourth-order valence-corrected chi connectivity index (χ4v) is 1.69. The number of carbonyl (C=O) groups is 1. The first-order chi connectivity index (χ1) is 8.04. The van der Waals surface area contributed by atoms with Gasteiger partial charge in [-0.05, 0) is 12.3 Å². The smallest absolute Gasteiger partial charge is 0.222 e. The monoisotopic (exact) mass is 240 g/mol. The number of rotatable bonds is 6. The summed E-state index contributed by atoms with van der Waals surface area (Å²) in [6, 6.07) is -0.151. The fraction of sp³-hybridized carbons (Fsp3) is 0.727. The van der Waals surface area contributed by atoms with E-state index in [1.54, 1.807) is 11.7 Å². The Kier molecular flexibility index (Phi) is 5.09. The highest BCUT2D eigenvalue weighted by Crippen LogP contribution is 2.18. The molecule has 1 unspecified atom stereocenters. The number of nitrogens with zero attached hydrogens (tertiary/aromatic N) is 3. The summed E-state index contributed by atoms with van der Waals surface area (Å²) in [5, 5.41) is 15.6. The molecule has 1 aromatic heterocycles. The number of aromatic nitrogens is 3. The van der Waals surface area contributed by atoms with Gasteiger partial charge < -0.3 is 10.4 Å². The molecular weight excluding hydrogens is 220 g/mol. The first-order valence-corrected chi connectivity index (χ1v) is 5.78. The van der Waals surface area contributed by atoms with Crippen LogP contribution in [0.15, 0.2) is 6.33 Å². The van der Waals surface area contributed by atoms with Crippen molar-refractivity contribution in [3.8, 4) is 0 Å². The second-order valence-corrected chi connectivity index (χ2v) is 4.47. The van der Waals surface area contributed by atoms with Crippen LogP contribution in [0.4, 0.5) is 0 Å². The lowest BCUT2D eigenvalue weighted by molar-refractivity contribution is -0.122. The maximum absolute atomic E-state index is 11.5. The van der Waals surface area contributed by atoms with E-state index in [1.807, 2.05) is 0 Å². The van der Waals surface area contributed by atoms with Crippen molar-refractivity contribution in [2.75, 3.05) is 6.61 Å². The third kappa shape index (κ3) is 4.14. The molecule has 1 amide bonds. The molecule has 0 bridgehead atoms. The lowest BCUT2D eigenvalue weighted by atomic mass is 10.0. The molecule has 0 radical (unpaired) electrons. The summed E-state index contributed by atoms with van der Waals surface area (Å²) in [5.74, 6) is 1.01. The number of aliphatic hydroxyl groups is 1. The highest BCUT2D eigenvalue weighted by Gasteiger charge is 2.19. The van der Waals surface area contributed by atoms with Crippen molar-refractivity contribution in [2.45, 2.75) is 32.7 Å². The minimum atomic E-state index is -0.166. The second kappa shape index (κ2) is 6.34. The van der Waals surface area contributed by atoms with Crippen molar-refractivity contribution < 1.29 is 9.90 Å². The van der Waals surface area contributed by atoms with Crippen molar-refractivity contribution >= 4 is 5.91 Å². The molecule has 0 spiro atoms. The van der Waals surface area contributed by atoms with E-state index in [0.29, 0.717) is 5.92 Å². The van der Waals surface area contributed by atoms with Crippen molar-refractivity contribution in [1.82, 2.24) is 20.1 Å². The Morgan fingerprint density at radius 1 is 1.59 bits per heavy atom. The van der Waals surface area contributed by atoms with Crippen LogP contribution in [0.1, 0.15) is 38.6 Å². The van der Waals surface area contributed by atoms with E-state index < -0.39 is 0 Å². The summed E-state index contributed by atoms with van der Waals surface area (Å²) in [4.78, 5) is 15.7. The van der Waals surface area contributed by atoms with Gasteiger partial charge in [-0.2, -0.15) is 5.10 Å². The van der Waals surface area contributed by atoms with Crippen LogP contribution in [0, 0.1) is 5.92 Å². The van der Waals surface area contributed by atoms with Gasteiger partial charge >= 0.3 is 0 Å². The van der Waals surface area contributed by atoms with Gasteiger partial charge in [0.25, 0.3) is 0 Å². The molecule has 1 aromatic rings. The van der Waals surface area contributed by atoms with E-state index in [9.17, 15) is 4.79 Å². The molecule has 0 fully saturated rings. The Labute approximate surface area is 101 Å². The Bertz CT molecular complexity index is 362. The van der Waals surface area contributed by atoms with Gasteiger partial charge in [-0.3, -0.25) is 9.48 Å².